The van der Waals surface area contributed by atoms with Gasteiger partial charge in [0.15, 0.2) is 0 Å². The highest BCUT2D eigenvalue weighted by atomic mass is 79.9. The van der Waals surface area contributed by atoms with Crippen LogP contribution in [0.5, 0.6) is 0 Å². The highest BCUT2D eigenvalue weighted by molar-refractivity contribution is 9.10. The molecule has 1 heterocycles. The molecule has 0 saturated carbocycles. The zero-order valence-electron chi connectivity index (χ0n) is 11.6. The van der Waals surface area contributed by atoms with E-state index in [2.05, 4.69) is 21.2 Å². The molecule has 0 fully saturated rings. The number of nitrogens with one attached hydrogen (secondary N) is 1. The van der Waals surface area contributed by atoms with E-state index in [1.54, 1.807) is 0 Å². The van der Waals surface area contributed by atoms with Crippen molar-refractivity contribution >= 4 is 48.9 Å². The number of methoxy groups -OCH3 is 1. The number of fused-ring (bicyclic) bond motifs is 1. The first-order valence-corrected chi connectivity index (χ1v) is 8.06. The van der Waals surface area contributed by atoms with Crippen LogP contribution in [0.2, 0.25) is 0 Å². The van der Waals surface area contributed by atoms with Crippen LogP contribution in [0.4, 0.5) is 5.69 Å². The van der Waals surface area contributed by atoms with E-state index in [-0.39, 0.29) is 12.5 Å². The maximum absolute atomic E-state index is 12.2. The van der Waals surface area contributed by atoms with Crippen molar-refractivity contribution in [2.24, 2.45) is 0 Å². The van der Waals surface area contributed by atoms with E-state index < -0.39 is 6.10 Å². The summed E-state index contributed by atoms with van der Waals surface area (Å²) in [6.07, 6.45) is -0.137. The predicted octanol–water partition coefficient (Wildman–Crippen LogP) is 2.37. The second-order valence-electron chi connectivity index (χ2n) is 4.64. The second-order valence-corrected chi connectivity index (χ2v) is 6.61. The van der Waals surface area contributed by atoms with Crippen molar-refractivity contribution in [3.63, 3.8) is 0 Å². The highest BCUT2D eigenvalue weighted by Gasteiger charge is 2.16. The Balaban J connectivity index is 2.04. The number of rotatable bonds is 6. The third kappa shape index (κ3) is 3.94. The van der Waals surface area contributed by atoms with Gasteiger partial charge in [-0.05, 0) is 24.6 Å². The minimum Gasteiger partial charge on any atom is -0.397 e. The van der Waals surface area contributed by atoms with Gasteiger partial charge in [0.1, 0.15) is 4.88 Å². The van der Waals surface area contributed by atoms with Crippen molar-refractivity contribution in [3.8, 4) is 0 Å². The molecular formula is C14H17BrN2O3S. The lowest BCUT2D eigenvalue weighted by Gasteiger charge is -2.09. The summed E-state index contributed by atoms with van der Waals surface area (Å²) >= 11 is 4.76. The number of anilines is 1. The van der Waals surface area contributed by atoms with Gasteiger partial charge >= 0.3 is 0 Å². The molecule has 1 aromatic carbocycles. The average molecular weight is 373 g/mol. The molecule has 114 valence electrons. The van der Waals surface area contributed by atoms with Crippen LogP contribution >= 0.6 is 27.3 Å². The molecule has 0 radical (unpaired) electrons. The molecule has 0 aliphatic heterocycles. The number of nitrogen functional groups attached to an aromatic ring is 1. The molecule has 0 aliphatic rings. The third-order valence-corrected chi connectivity index (χ3v) is 4.70. The number of hydrogen-bond acceptors (Lipinski definition) is 5. The van der Waals surface area contributed by atoms with Crippen molar-refractivity contribution in [1.82, 2.24) is 5.32 Å². The van der Waals surface area contributed by atoms with Gasteiger partial charge in [0.25, 0.3) is 5.91 Å². The highest BCUT2D eigenvalue weighted by Crippen LogP contribution is 2.35. The van der Waals surface area contributed by atoms with Gasteiger partial charge in [0, 0.05) is 28.2 Å². The van der Waals surface area contributed by atoms with E-state index in [9.17, 15) is 9.90 Å². The standard InChI is InChI=1S/C14H17BrN2O3S/c1-20-7-9(18)4-5-17-14(19)13-12(16)10-6-8(15)2-3-11(10)21-13/h2-3,6,9,18H,4-5,7,16H2,1H3,(H,17,19). The first kappa shape index (κ1) is 16.2. The molecule has 21 heavy (non-hydrogen) atoms. The fraction of sp³-hybridized carbons (Fsp3) is 0.357. The molecule has 0 aliphatic carbocycles. The largest absolute Gasteiger partial charge is 0.397 e. The number of nitrogens with two attached hydrogens (primary N) is 1. The summed E-state index contributed by atoms with van der Waals surface area (Å²) in [7, 11) is 1.53. The number of aliphatic hydroxyl groups excluding tert-OH is 1. The topological polar surface area (TPSA) is 84.6 Å². The molecule has 1 atom stereocenters. The van der Waals surface area contributed by atoms with Crippen molar-refractivity contribution in [2.45, 2.75) is 12.5 Å². The van der Waals surface area contributed by atoms with Gasteiger partial charge in [0.2, 0.25) is 0 Å². The average Bonchev–Trinajstić information content (AvgIpc) is 2.76. The molecule has 2 aromatic rings. The van der Waals surface area contributed by atoms with Gasteiger partial charge in [0.05, 0.1) is 18.4 Å². The maximum Gasteiger partial charge on any atom is 0.263 e. The third-order valence-electron chi connectivity index (χ3n) is 3.02. The Morgan fingerprint density at radius 3 is 3.05 bits per heavy atom. The smallest absolute Gasteiger partial charge is 0.263 e. The van der Waals surface area contributed by atoms with E-state index in [1.807, 2.05) is 18.2 Å². The molecule has 1 aromatic heterocycles. The summed E-state index contributed by atoms with van der Waals surface area (Å²) in [5, 5.41) is 13.2. The van der Waals surface area contributed by atoms with Crippen LogP contribution in [-0.4, -0.2) is 37.4 Å². The van der Waals surface area contributed by atoms with Crippen LogP contribution in [0.25, 0.3) is 10.1 Å². The number of carbonyl (C=O) groups is 1. The number of benzene rings is 1. The summed E-state index contributed by atoms with van der Waals surface area (Å²) in [6, 6.07) is 5.75. The van der Waals surface area contributed by atoms with Crippen LogP contribution in [0, 0.1) is 0 Å². The van der Waals surface area contributed by atoms with Crippen molar-refractivity contribution in [2.75, 3.05) is 26.0 Å². The van der Waals surface area contributed by atoms with Gasteiger partial charge in [-0.15, -0.1) is 11.3 Å². The first-order chi connectivity index (χ1) is 10.0. The number of ether oxygens (including phenoxy) is 1. The minimum absolute atomic E-state index is 0.213. The Morgan fingerprint density at radius 1 is 1.57 bits per heavy atom. The zero-order chi connectivity index (χ0) is 15.4. The number of amides is 1. The Kier molecular flexibility index (Phi) is 5.58. The predicted molar refractivity (Wildman–Crippen MR) is 88.8 cm³/mol. The van der Waals surface area contributed by atoms with Crippen LogP contribution in [0.3, 0.4) is 0 Å². The first-order valence-electron chi connectivity index (χ1n) is 6.45. The Bertz CT molecular complexity index is 644. The summed E-state index contributed by atoms with van der Waals surface area (Å²) in [5.41, 5.74) is 6.54. The normalized spacial score (nSPS) is 12.5. The quantitative estimate of drug-likeness (QED) is 0.726. The van der Waals surface area contributed by atoms with Crippen molar-refractivity contribution in [3.05, 3.63) is 27.5 Å². The second kappa shape index (κ2) is 7.22. The fourth-order valence-corrected chi connectivity index (χ4v) is 3.35. The zero-order valence-corrected chi connectivity index (χ0v) is 14.0. The molecule has 1 unspecified atom stereocenters. The van der Waals surface area contributed by atoms with Gasteiger partial charge in [-0.2, -0.15) is 0 Å². The van der Waals surface area contributed by atoms with Crippen LogP contribution in [-0.2, 0) is 4.74 Å². The fourth-order valence-electron chi connectivity index (χ4n) is 1.97. The van der Waals surface area contributed by atoms with E-state index in [4.69, 9.17) is 10.5 Å². The monoisotopic (exact) mass is 372 g/mol. The molecule has 0 spiro atoms. The SMILES string of the molecule is COCC(O)CCNC(=O)c1sc2ccc(Br)cc2c1N. The van der Waals surface area contributed by atoms with E-state index in [0.717, 1.165) is 14.6 Å². The van der Waals surface area contributed by atoms with Gasteiger partial charge < -0.3 is 20.9 Å². The lowest BCUT2D eigenvalue weighted by atomic mass is 10.2. The van der Waals surface area contributed by atoms with Gasteiger partial charge in [-0.1, -0.05) is 15.9 Å². The molecule has 1 amide bonds. The molecule has 2 rings (SSSR count). The number of halogens is 1. The molecule has 0 saturated heterocycles. The summed E-state index contributed by atoms with van der Waals surface area (Å²) in [4.78, 5) is 12.7. The van der Waals surface area contributed by atoms with E-state index >= 15 is 0 Å². The molecule has 0 bridgehead atoms. The van der Waals surface area contributed by atoms with Gasteiger partial charge in [-0.3, -0.25) is 4.79 Å². The van der Waals surface area contributed by atoms with E-state index in [1.165, 1.54) is 18.4 Å². The molecule has 7 heteroatoms. The van der Waals surface area contributed by atoms with Crippen LogP contribution < -0.4 is 11.1 Å². The van der Waals surface area contributed by atoms with Crippen LogP contribution in [0.1, 0.15) is 16.1 Å². The molecule has 4 N–H and O–H groups in total. The molecule has 5 nitrogen and oxygen atoms in total. The minimum atomic E-state index is -0.578. The summed E-state index contributed by atoms with van der Waals surface area (Å²) in [5.74, 6) is -0.213. The number of hydrogen-bond donors (Lipinski definition) is 3. The Morgan fingerprint density at radius 2 is 2.33 bits per heavy atom. The Hall–Kier alpha value is -1.15. The summed E-state index contributed by atoms with van der Waals surface area (Å²) in [6.45, 7) is 0.635. The Labute approximate surface area is 135 Å². The maximum atomic E-state index is 12.2. The van der Waals surface area contributed by atoms with Crippen LogP contribution in [0.15, 0.2) is 22.7 Å². The number of thiophene rings is 1. The van der Waals surface area contributed by atoms with E-state index in [0.29, 0.717) is 23.5 Å². The lowest BCUT2D eigenvalue weighted by Crippen LogP contribution is -2.28. The lowest BCUT2D eigenvalue weighted by molar-refractivity contribution is 0.0588. The van der Waals surface area contributed by atoms with Crippen molar-refractivity contribution < 1.29 is 14.6 Å². The summed E-state index contributed by atoms with van der Waals surface area (Å²) < 4.78 is 6.73. The number of aliphatic hydroxyl groups is 1. The number of carbonyl (C=O) groups excluding carboxylic acids is 1. The molecular weight excluding hydrogens is 356 g/mol. The van der Waals surface area contributed by atoms with Gasteiger partial charge in [-0.25, -0.2) is 0 Å². The van der Waals surface area contributed by atoms with Crippen molar-refractivity contribution in [1.29, 1.82) is 0 Å².